The molecule has 7 nitrogen and oxygen atoms in total. The molecule has 1 aliphatic rings. The van der Waals surface area contributed by atoms with Gasteiger partial charge in [-0.3, -0.25) is 14.3 Å². The number of nitrogens with two attached hydrogens (primary N) is 1. The molecule has 2 rings (SSSR count). The maximum Gasteiger partial charge on any atom is 0.311 e. The van der Waals surface area contributed by atoms with E-state index in [0.29, 0.717) is 18.4 Å². The van der Waals surface area contributed by atoms with Crippen LogP contribution >= 0.6 is 0 Å². The summed E-state index contributed by atoms with van der Waals surface area (Å²) in [6.45, 7) is 1.67. The Bertz CT molecular complexity index is 527. The third-order valence-electron chi connectivity index (χ3n) is 4.13. The third kappa shape index (κ3) is 2.53. The van der Waals surface area contributed by atoms with E-state index in [1.54, 1.807) is 24.9 Å². The molecule has 0 spiro atoms. The zero-order valence-electron chi connectivity index (χ0n) is 11.7. The molecular weight excluding hydrogens is 260 g/mol. The van der Waals surface area contributed by atoms with Gasteiger partial charge in [-0.1, -0.05) is 6.42 Å². The smallest absolute Gasteiger partial charge is 0.311 e. The second-order valence-corrected chi connectivity index (χ2v) is 5.60. The molecule has 110 valence electrons. The largest absolute Gasteiger partial charge is 0.481 e. The molecule has 1 aliphatic carbocycles. The molecule has 1 aromatic heterocycles. The summed E-state index contributed by atoms with van der Waals surface area (Å²) in [6, 6.07) is -1.21. The fourth-order valence-electron chi connectivity index (χ4n) is 2.67. The van der Waals surface area contributed by atoms with Gasteiger partial charge in [0, 0.05) is 24.8 Å². The Morgan fingerprint density at radius 2 is 2.35 bits per heavy atom. The van der Waals surface area contributed by atoms with E-state index in [9.17, 15) is 14.7 Å². The molecule has 4 N–H and O–H groups in total. The standard InChI is InChI=1S/C13H20N4O3/c1-13(12(19)20)5-3-4-9(13)16-11(18)10(14)8-6-15-17(2)7-8/h6-7,9-10H,3-5,14H2,1-2H3,(H,16,18)(H,19,20). The summed E-state index contributed by atoms with van der Waals surface area (Å²) >= 11 is 0. The average Bonchev–Trinajstić information content (AvgIpc) is 2.97. The lowest BCUT2D eigenvalue weighted by molar-refractivity contribution is -0.149. The van der Waals surface area contributed by atoms with Gasteiger partial charge in [-0.05, 0) is 19.8 Å². The number of carbonyl (C=O) groups is 2. The molecule has 0 aromatic carbocycles. The zero-order valence-corrected chi connectivity index (χ0v) is 11.7. The van der Waals surface area contributed by atoms with Crippen LogP contribution in [0.2, 0.25) is 0 Å². The maximum absolute atomic E-state index is 12.2. The number of nitrogens with one attached hydrogen (secondary N) is 1. The van der Waals surface area contributed by atoms with Crippen molar-refractivity contribution in [3.8, 4) is 0 Å². The topological polar surface area (TPSA) is 110 Å². The Morgan fingerprint density at radius 3 is 2.90 bits per heavy atom. The van der Waals surface area contributed by atoms with Gasteiger partial charge < -0.3 is 16.2 Å². The zero-order chi connectivity index (χ0) is 14.9. The summed E-state index contributed by atoms with van der Waals surface area (Å²) in [4.78, 5) is 23.5. The normalized spacial score (nSPS) is 27.2. The lowest BCUT2D eigenvalue weighted by atomic mass is 9.84. The first-order valence-corrected chi connectivity index (χ1v) is 6.62. The lowest BCUT2D eigenvalue weighted by Crippen LogP contribution is -2.49. The fraction of sp³-hybridized carbons (Fsp3) is 0.615. The SMILES string of the molecule is Cn1cc(C(N)C(=O)NC2CCCC2(C)C(=O)O)cn1. The number of aliphatic carboxylic acids is 1. The van der Waals surface area contributed by atoms with Crippen LogP contribution in [0.4, 0.5) is 0 Å². The molecule has 1 saturated carbocycles. The summed E-state index contributed by atoms with van der Waals surface area (Å²) in [5.41, 5.74) is 5.58. The van der Waals surface area contributed by atoms with E-state index in [1.807, 2.05) is 0 Å². The van der Waals surface area contributed by atoms with Crippen LogP contribution in [-0.2, 0) is 16.6 Å². The van der Waals surface area contributed by atoms with Crippen molar-refractivity contribution in [2.75, 3.05) is 0 Å². The highest BCUT2D eigenvalue weighted by Gasteiger charge is 2.46. The second-order valence-electron chi connectivity index (χ2n) is 5.60. The predicted octanol–water partition coefficient (Wildman–Crippen LogP) is 0.180. The number of amides is 1. The number of hydrogen-bond donors (Lipinski definition) is 3. The van der Waals surface area contributed by atoms with Gasteiger partial charge >= 0.3 is 5.97 Å². The van der Waals surface area contributed by atoms with E-state index < -0.39 is 17.4 Å². The molecule has 0 aliphatic heterocycles. The predicted molar refractivity (Wildman–Crippen MR) is 71.7 cm³/mol. The number of hydrogen-bond acceptors (Lipinski definition) is 4. The highest BCUT2D eigenvalue weighted by molar-refractivity contribution is 5.84. The Hall–Kier alpha value is -1.89. The van der Waals surface area contributed by atoms with E-state index in [-0.39, 0.29) is 11.9 Å². The number of rotatable bonds is 4. The summed E-state index contributed by atoms with van der Waals surface area (Å²) in [5, 5.41) is 16.1. The summed E-state index contributed by atoms with van der Waals surface area (Å²) in [7, 11) is 1.74. The molecule has 1 heterocycles. The lowest BCUT2D eigenvalue weighted by Gasteiger charge is -2.28. The van der Waals surface area contributed by atoms with Crippen LogP contribution in [0, 0.1) is 5.41 Å². The fourth-order valence-corrected chi connectivity index (χ4v) is 2.67. The first-order valence-electron chi connectivity index (χ1n) is 6.62. The van der Waals surface area contributed by atoms with E-state index in [2.05, 4.69) is 10.4 Å². The summed E-state index contributed by atoms with van der Waals surface area (Å²) < 4.78 is 1.57. The van der Waals surface area contributed by atoms with Gasteiger partial charge in [0.2, 0.25) is 5.91 Å². The Labute approximate surface area is 117 Å². The van der Waals surface area contributed by atoms with Gasteiger partial charge in [0.25, 0.3) is 0 Å². The first-order chi connectivity index (χ1) is 9.34. The number of nitrogens with zero attached hydrogens (tertiary/aromatic N) is 2. The minimum absolute atomic E-state index is 0.364. The van der Waals surface area contributed by atoms with Gasteiger partial charge in [-0.15, -0.1) is 0 Å². The summed E-state index contributed by atoms with van der Waals surface area (Å²) in [5.74, 6) is -1.24. The molecule has 0 saturated heterocycles. The number of carboxylic acids is 1. The highest BCUT2D eigenvalue weighted by Crippen LogP contribution is 2.38. The van der Waals surface area contributed by atoms with Crippen LogP contribution in [0.1, 0.15) is 37.8 Å². The van der Waals surface area contributed by atoms with Crippen LogP contribution < -0.4 is 11.1 Å². The van der Waals surface area contributed by atoms with E-state index in [1.165, 1.54) is 6.20 Å². The highest BCUT2D eigenvalue weighted by atomic mass is 16.4. The number of carbonyl (C=O) groups excluding carboxylic acids is 1. The van der Waals surface area contributed by atoms with E-state index >= 15 is 0 Å². The third-order valence-corrected chi connectivity index (χ3v) is 4.13. The Kier molecular flexibility index (Phi) is 3.80. The number of carboxylic acid groups (broad SMARTS) is 1. The van der Waals surface area contributed by atoms with Crippen molar-refractivity contribution in [3.63, 3.8) is 0 Å². The molecule has 1 fully saturated rings. The van der Waals surface area contributed by atoms with Crippen molar-refractivity contribution in [2.24, 2.45) is 18.2 Å². The monoisotopic (exact) mass is 280 g/mol. The van der Waals surface area contributed by atoms with Crippen LogP contribution in [0.3, 0.4) is 0 Å². The molecule has 20 heavy (non-hydrogen) atoms. The van der Waals surface area contributed by atoms with Crippen LogP contribution in [0.15, 0.2) is 12.4 Å². The van der Waals surface area contributed by atoms with Crippen molar-refractivity contribution < 1.29 is 14.7 Å². The molecule has 1 amide bonds. The molecule has 0 radical (unpaired) electrons. The molecule has 1 aromatic rings. The van der Waals surface area contributed by atoms with E-state index in [4.69, 9.17) is 5.73 Å². The van der Waals surface area contributed by atoms with Crippen LogP contribution in [-0.4, -0.2) is 32.8 Å². The van der Waals surface area contributed by atoms with Crippen LogP contribution in [0.25, 0.3) is 0 Å². The van der Waals surface area contributed by atoms with E-state index in [0.717, 1.165) is 6.42 Å². The van der Waals surface area contributed by atoms with Crippen molar-refractivity contribution in [1.82, 2.24) is 15.1 Å². The quantitative estimate of drug-likeness (QED) is 0.728. The van der Waals surface area contributed by atoms with Gasteiger partial charge in [-0.25, -0.2) is 0 Å². The van der Waals surface area contributed by atoms with Crippen molar-refractivity contribution >= 4 is 11.9 Å². The second kappa shape index (κ2) is 5.24. The van der Waals surface area contributed by atoms with Gasteiger partial charge in [0.15, 0.2) is 0 Å². The first kappa shape index (κ1) is 14.5. The van der Waals surface area contributed by atoms with Gasteiger partial charge in [0.05, 0.1) is 11.6 Å². The van der Waals surface area contributed by atoms with Crippen LogP contribution in [0.5, 0.6) is 0 Å². The Balaban J connectivity index is 2.06. The molecule has 7 heteroatoms. The molecule has 0 bridgehead atoms. The Morgan fingerprint density at radius 1 is 1.65 bits per heavy atom. The molecule has 3 unspecified atom stereocenters. The van der Waals surface area contributed by atoms with Gasteiger partial charge in [0.1, 0.15) is 6.04 Å². The minimum Gasteiger partial charge on any atom is -0.481 e. The van der Waals surface area contributed by atoms with Crippen molar-refractivity contribution in [3.05, 3.63) is 18.0 Å². The van der Waals surface area contributed by atoms with Gasteiger partial charge in [-0.2, -0.15) is 5.10 Å². The summed E-state index contributed by atoms with van der Waals surface area (Å²) in [6.07, 6.45) is 5.23. The average molecular weight is 280 g/mol. The molecular formula is C13H20N4O3. The number of aromatic nitrogens is 2. The minimum atomic E-state index is -0.912. The molecule has 3 atom stereocenters. The van der Waals surface area contributed by atoms with Crippen molar-refractivity contribution in [2.45, 2.75) is 38.3 Å². The number of aryl methyl sites for hydroxylation is 1. The van der Waals surface area contributed by atoms with Crippen molar-refractivity contribution in [1.29, 1.82) is 0 Å². The maximum atomic E-state index is 12.2.